The zero-order chi connectivity index (χ0) is 41.3. The molecule has 0 spiro atoms. The van der Waals surface area contributed by atoms with Crippen LogP contribution in [0.5, 0.6) is 0 Å². The lowest BCUT2D eigenvalue weighted by Crippen LogP contribution is -2.47. The van der Waals surface area contributed by atoms with Crippen molar-refractivity contribution in [1.29, 1.82) is 0 Å². The van der Waals surface area contributed by atoms with E-state index in [-0.39, 0.29) is 12.3 Å². The number of amides is 3. The quantitative estimate of drug-likeness (QED) is 0.103. The van der Waals surface area contributed by atoms with Gasteiger partial charge in [-0.3, -0.25) is 4.79 Å². The van der Waals surface area contributed by atoms with Crippen LogP contribution in [-0.2, 0) is 31.9 Å². The first-order valence-electron chi connectivity index (χ1n) is 16.9. The van der Waals surface area contributed by atoms with Crippen LogP contribution in [-0.4, -0.2) is 52.5 Å². The van der Waals surface area contributed by atoms with E-state index in [1.807, 2.05) is 60.7 Å². The van der Waals surface area contributed by atoms with Crippen LogP contribution in [0.2, 0.25) is 10.0 Å². The molecule has 0 aromatic heterocycles. The van der Waals surface area contributed by atoms with E-state index in [0.29, 0.717) is 27.8 Å². The van der Waals surface area contributed by atoms with Crippen LogP contribution in [0.3, 0.4) is 0 Å². The number of anilines is 2. The number of rotatable bonds is 9. The molecule has 4 rings (SSSR count). The molecule has 4 aromatic carbocycles. The molecule has 0 unspecified atom stereocenters. The molecular weight excluding hydrogens is 879 g/mol. The van der Waals surface area contributed by atoms with Gasteiger partial charge in [-0.25, -0.2) is 14.4 Å². The maximum Gasteiger partial charge on any atom is 0.408 e. The van der Waals surface area contributed by atoms with E-state index in [0.717, 1.165) is 20.1 Å². The van der Waals surface area contributed by atoms with Gasteiger partial charge in [0, 0.05) is 43.2 Å². The molecule has 55 heavy (non-hydrogen) atoms. The van der Waals surface area contributed by atoms with Gasteiger partial charge < -0.3 is 36.3 Å². The van der Waals surface area contributed by atoms with Crippen LogP contribution in [0.25, 0.3) is 0 Å². The zero-order valence-corrected chi connectivity index (χ0v) is 36.0. The zero-order valence-electron chi connectivity index (χ0n) is 31.3. The van der Waals surface area contributed by atoms with Gasteiger partial charge >= 0.3 is 18.2 Å². The molecule has 11 nitrogen and oxygen atoms in total. The van der Waals surface area contributed by atoms with Crippen LogP contribution in [0.1, 0.15) is 52.7 Å². The van der Waals surface area contributed by atoms with Crippen LogP contribution in [0.4, 0.5) is 21.0 Å². The Morgan fingerprint density at radius 2 is 1.09 bits per heavy atom. The van der Waals surface area contributed by atoms with Gasteiger partial charge in [-0.05, 0) is 89.1 Å². The van der Waals surface area contributed by atoms with Crippen LogP contribution in [0, 0.1) is 0 Å². The molecule has 6 N–H and O–H groups in total. The number of ether oxygens (including phenoxy) is 2. The number of nitrogens with one attached hydrogen (secondary N) is 3. The molecule has 0 saturated carbocycles. The van der Waals surface area contributed by atoms with Crippen molar-refractivity contribution >= 4 is 90.5 Å². The number of hydrogen-bond acceptors (Lipinski definition) is 7. The largest absolute Gasteiger partial charge is 0.480 e. The minimum atomic E-state index is -1.09. The van der Waals surface area contributed by atoms with Crippen LogP contribution < -0.4 is 21.7 Å². The van der Waals surface area contributed by atoms with Crippen molar-refractivity contribution in [3.8, 4) is 0 Å². The Labute approximate surface area is 348 Å². The molecule has 15 heteroatoms. The van der Waals surface area contributed by atoms with E-state index in [1.54, 1.807) is 77.9 Å². The molecule has 0 aliphatic rings. The van der Waals surface area contributed by atoms with Gasteiger partial charge in [0.2, 0.25) is 5.91 Å². The molecule has 3 amide bonds. The summed E-state index contributed by atoms with van der Waals surface area (Å²) in [7, 11) is 0. The van der Waals surface area contributed by atoms with Crippen molar-refractivity contribution in [2.24, 2.45) is 0 Å². The summed E-state index contributed by atoms with van der Waals surface area (Å²) in [5.41, 5.74) is 7.10. The predicted molar refractivity (Wildman–Crippen MR) is 226 cm³/mol. The fourth-order valence-corrected chi connectivity index (χ4v) is 6.19. The number of benzene rings is 4. The number of carboxylic acids is 1. The van der Waals surface area contributed by atoms with E-state index in [1.165, 1.54) is 0 Å². The molecule has 2 atom stereocenters. The standard InChI is InChI=1S/C20H22BrClN2O3.C14H19NO4.C6H5BrClN/c1-20(2,3)27-19(26)24-17(9-13-7-5-4-6-8-13)18(25)23-16-11-14(21)10-15(22)12-16;1-14(2,3)19-13(18)15-11(12(16)17)9-10-7-5-4-6-8-10;7-4-1-5(8)3-6(9)2-4/h4-8,10-12,17H,9H2,1-3H3,(H,23,25)(H,24,26);4-8,11H,9H2,1-3H3,(H,15,18)(H,16,17);1-3H,9H2/t17-;11-;/m00./s1. The van der Waals surface area contributed by atoms with E-state index in [9.17, 15) is 19.2 Å². The highest BCUT2D eigenvalue weighted by Crippen LogP contribution is 2.23. The first-order chi connectivity index (χ1) is 25.6. The summed E-state index contributed by atoms with van der Waals surface area (Å²) in [4.78, 5) is 47.7. The minimum Gasteiger partial charge on any atom is -0.480 e. The third-order valence-electron chi connectivity index (χ3n) is 6.58. The monoisotopic (exact) mass is 922 g/mol. The van der Waals surface area contributed by atoms with Crippen molar-refractivity contribution < 1.29 is 33.8 Å². The third-order valence-corrected chi connectivity index (χ3v) is 7.93. The maximum absolute atomic E-state index is 12.8. The predicted octanol–water partition coefficient (Wildman–Crippen LogP) is 10.1. The Kier molecular flexibility index (Phi) is 19.0. The number of hydrogen-bond donors (Lipinski definition) is 5. The summed E-state index contributed by atoms with van der Waals surface area (Å²) in [6, 6.07) is 27.1. The average molecular weight is 926 g/mol. The topological polar surface area (TPSA) is 169 Å². The number of nitrogens with two attached hydrogens (primary N) is 1. The van der Waals surface area contributed by atoms with Crippen molar-refractivity contribution in [2.45, 2.75) is 77.7 Å². The van der Waals surface area contributed by atoms with Gasteiger partial charge in [-0.15, -0.1) is 0 Å². The summed E-state index contributed by atoms with van der Waals surface area (Å²) in [5.74, 6) is -1.45. The second-order valence-electron chi connectivity index (χ2n) is 14.0. The maximum atomic E-state index is 12.8. The number of carbonyl (C=O) groups excluding carboxylic acids is 3. The van der Waals surface area contributed by atoms with Crippen LogP contribution in [0.15, 0.2) is 106 Å². The summed E-state index contributed by atoms with van der Waals surface area (Å²) in [6.45, 7) is 10.5. The van der Waals surface area contributed by atoms with Gasteiger partial charge in [-0.1, -0.05) is 116 Å². The number of nitrogen functional groups attached to an aromatic ring is 1. The number of halogens is 4. The molecule has 0 radical (unpaired) electrons. The normalized spacial score (nSPS) is 11.9. The van der Waals surface area contributed by atoms with Gasteiger partial charge in [0.15, 0.2) is 0 Å². The molecule has 4 aromatic rings. The molecule has 296 valence electrons. The van der Waals surface area contributed by atoms with E-state index in [4.69, 9.17) is 43.5 Å². The molecule has 0 saturated heterocycles. The Morgan fingerprint density at radius 1 is 0.673 bits per heavy atom. The van der Waals surface area contributed by atoms with Gasteiger partial charge in [0.05, 0.1) is 0 Å². The number of carboxylic acid groups (broad SMARTS) is 1. The molecule has 0 aliphatic heterocycles. The molecule has 0 aliphatic carbocycles. The van der Waals surface area contributed by atoms with Crippen molar-refractivity contribution in [3.63, 3.8) is 0 Å². The lowest BCUT2D eigenvalue weighted by Gasteiger charge is -2.23. The molecule has 0 fully saturated rings. The van der Waals surface area contributed by atoms with E-state index >= 15 is 0 Å². The Hall–Kier alpha value is -4.30. The third kappa shape index (κ3) is 20.8. The Balaban J connectivity index is 0.000000322. The fraction of sp³-hybridized carbons (Fsp3) is 0.300. The fourth-order valence-electron chi connectivity index (χ4n) is 4.44. The highest BCUT2D eigenvalue weighted by Gasteiger charge is 2.26. The molecule has 0 bridgehead atoms. The SMILES string of the molecule is CC(C)(C)OC(=O)N[C@@H](Cc1ccccc1)C(=O)Nc1cc(Cl)cc(Br)c1.CC(C)(C)OC(=O)N[C@@H](Cc1ccccc1)C(=O)O.Nc1cc(Cl)cc(Br)c1. The summed E-state index contributed by atoms with van der Waals surface area (Å²) >= 11 is 18.3. The number of carbonyl (C=O) groups is 4. The second-order valence-corrected chi connectivity index (χ2v) is 16.7. The summed E-state index contributed by atoms with van der Waals surface area (Å²) in [5, 5.41) is 18.1. The van der Waals surface area contributed by atoms with Gasteiger partial charge in [-0.2, -0.15) is 0 Å². The lowest BCUT2D eigenvalue weighted by molar-refractivity contribution is -0.139. The Bertz CT molecular complexity index is 1800. The Morgan fingerprint density at radius 3 is 1.49 bits per heavy atom. The average Bonchev–Trinajstić information content (AvgIpc) is 3.03. The molecular formula is C40H46Br2Cl2N4O7. The second kappa shape index (κ2) is 22.3. The van der Waals surface area contributed by atoms with Crippen molar-refractivity contribution in [3.05, 3.63) is 127 Å². The first-order valence-corrected chi connectivity index (χ1v) is 19.2. The van der Waals surface area contributed by atoms with E-state index in [2.05, 4.69) is 47.8 Å². The van der Waals surface area contributed by atoms with Crippen molar-refractivity contribution in [1.82, 2.24) is 10.6 Å². The summed E-state index contributed by atoms with van der Waals surface area (Å²) < 4.78 is 12.0. The lowest BCUT2D eigenvalue weighted by atomic mass is 10.1. The summed E-state index contributed by atoms with van der Waals surface area (Å²) in [6.07, 6.45) is -0.829. The highest BCUT2D eigenvalue weighted by molar-refractivity contribution is 9.10. The number of aliphatic carboxylic acids is 1. The van der Waals surface area contributed by atoms with Crippen LogP contribution >= 0.6 is 55.1 Å². The molecule has 0 heterocycles. The van der Waals surface area contributed by atoms with Crippen molar-refractivity contribution in [2.75, 3.05) is 11.1 Å². The van der Waals surface area contributed by atoms with Gasteiger partial charge in [0.1, 0.15) is 23.3 Å². The minimum absolute atomic E-state index is 0.218. The number of alkyl carbamates (subject to hydrolysis) is 2. The first kappa shape index (κ1) is 46.9. The highest BCUT2D eigenvalue weighted by atomic mass is 79.9. The van der Waals surface area contributed by atoms with Gasteiger partial charge in [0.25, 0.3) is 0 Å². The smallest absolute Gasteiger partial charge is 0.408 e. The van der Waals surface area contributed by atoms with E-state index < -0.39 is 41.4 Å².